The fourth-order valence-corrected chi connectivity index (χ4v) is 2.20. The molecular weight excluding hydrogens is 296 g/mol. The Morgan fingerprint density at radius 1 is 1.17 bits per heavy atom. The van der Waals surface area contributed by atoms with Crippen LogP contribution in [0.25, 0.3) is 0 Å². The number of nitrogens with two attached hydrogens (primary N) is 1. The fraction of sp³-hybridized carbons (Fsp3) is 0.0625. The summed E-state index contributed by atoms with van der Waals surface area (Å²) in [6.45, 7) is 0. The number of carbonyl (C=O) groups is 2. The molecule has 3 amide bonds. The Bertz CT molecular complexity index is 784. The van der Waals surface area contributed by atoms with Crippen LogP contribution in [0.2, 0.25) is 0 Å². The van der Waals surface area contributed by atoms with Gasteiger partial charge in [-0.2, -0.15) is 0 Å². The van der Waals surface area contributed by atoms with Crippen LogP contribution in [-0.2, 0) is 4.79 Å². The molecule has 0 bridgehead atoms. The maximum Gasteiger partial charge on any atom is 0.444 e. The number of quaternary nitrogens is 1. The molecular formula is C16H15N4O3+. The molecule has 0 saturated heterocycles. The van der Waals surface area contributed by atoms with Gasteiger partial charge in [0.2, 0.25) is 0 Å². The third kappa shape index (κ3) is 3.19. The van der Waals surface area contributed by atoms with Gasteiger partial charge in [0, 0.05) is 11.3 Å². The van der Waals surface area contributed by atoms with E-state index in [1.807, 2.05) is 12.1 Å². The number of rotatable bonds is 3. The van der Waals surface area contributed by atoms with Crippen molar-refractivity contribution < 1.29 is 19.8 Å². The Morgan fingerprint density at radius 3 is 2.65 bits per heavy atom. The Labute approximate surface area is 132 Å². The first-order valence-electron chi connectivity index (χ1n) is 6.94. The normalized spacial score (nSPS) is 14.3. The van der Waals surface area contributed by atoms with Gasteiger partial charge in [-0.05, 0) is 30.3 Å². The molecule has 1 aliphatic heterocycles. The third-order valence-electron chi connectivity index (χ3n) is 3.31. The highest BCUT2D eigenvalue weighted by Crippen LogP contribution is 2.21. The number of nitrogens with one attached hydrogen (secondary N) is 2. The molecule has 7 nitrogen and oxygen atoms in total. The molecule has 7 heteroatoms. The van der Waals surface area contributed by atoms with E-state index in [-0.39, 0.29) is 11.6 Å². The van der Waals surface area contributed by atoms with Gasteiger partial charge in [-0.15, -0.1) is 5.43 Å². The zero-order chi connectivity index (χ0) is 16.2. The molecule has 0 fully saturated rings. The quantitative estimate of drug-likeness (QED) is 0.586. The van der Waals surface area contributed by atoms with Crippen molar-refractivity contribution in [1.29, 1.82) is 0 Å². The maximum absolute atomic E-state index is 11.9. The van der Waals surface area contributed by atoms with E-state index in [0.717, 1.165) is 5.43 Å². The van der Waals surface area contributed by atoms with Gasteiger partial charge in [0.1, 0.15) is 5.75 Å². The Kier molecular flexibility index (Phi) is 4.03. The summed E-state index contributed by atoms with van der Waals surface area (Å²) in [7, 11) is 1.57. The molecule has 2 aromatic carbocycles. The number of para-hydroxylation sites is 1. The molecule has 1 aliphatic rings. The number of ether oxygens (including phenoxy) is 1. The predicted octanol–water partition coefficient (Wildman–Crippen LogP) is 1.15. The first kappa shape index (κ1) is 14.7. The molecule has 116 valence electrons. The lowest BCUT2D eigenvalue weighted by Crippen LogP contribution is -2.84. The van der Waals surface area contributed by atoms with Crippen LogP contribution in [0.4, 0.5) is 16.2 Å². The molecule has 0 saturated carbocycles. The highest BCUT2D eigenvalue weighted by Gasteiger charge is 2.27. The molecule has 0 radical (unpaired) electrons. The van der Waals surface area contributed by atoms with E-state index in [2.05, 4.69) is 15.7 Å². The van der Waals surface area contributed by atoms with Gasteiger partial charge in [-0.25, -0.2) is 4.79 Å². The Balaban J connectivity index is 1.67. The van der Waals surface area contributed by atoms with E-state index in [0.29, 0.717) is 22.7 Å². The zero-order valence-electron chi connectivity index (χ0n) is 12.4. The number of urea groups is 1. The number of carbonyl (C=O) groups excluding carboxylic acids is 2. The van der Waals surface area contributed by atoms with Gasteiger partial charge in [0.15, 0.2) is 5.71 Å². The number of primary amides is 1. The van der Waals surface area contributed by atoms with Gasteiger partial charge in [0.05, 0.1) is 12.8 Å². The zero-order valence-corrected chi connectivity index (χ0v) is 12.4. The Morgan fingerprint density at radius 2 is 1.91 bits per heavy atom. The molecule has 1 heterocycles. The van der Waals surface area contributed by atoms with Gasteiger partial charge in [-0.1, -0.05) is 23.3 Å². The van der Waals surface area contributed by atoms with Crippen molar-refractivity contribution in [3.8, 4) is 5.75 Å². The van der Waals surface area contributed by atoms with E-state index >= 15 is 0 Å². The minimum Gasteiger partial charge on any atom is -0.497 e. The van der Waals surface area contributed by atoms with E-state index < -0.39 is 6.03 Å². The highest BCUT2D eigenvalue weighted by molar-refractivity contribution is 6.53. The molecule has 4 N–H and O–H groups in total. The lowest BCUT2D eigenvalue weighted by atomic mass is 10.1. The van der Waals surface area contributed by atoms with Crippen molar-refractivity contribution in [2.24, 2.45) is 5.10 Å². The largest absolute Gasteiger partial charge is 0.497 e. The van der Waals surface area contributed by atoms with Crippen molar-refractivity contribution in [2.45, 2.75) is 0 Å². The summed E-state index contributed by atoms with van der Waals surface area (Å²) in [5.41, 5.74) is 3.32. The van der Waals surface area contributed by atoms with E-state index in [1.54, 1.807) is 43.5 Å². The van der Waals surface area contributed by atoms with Crippen molar-refractivity contribution in [2.75, 3.05) is 17.7 Å². The standard InChI is InChI=1S/C16H14N4O3/c1-23-11-8-6-10(7-9-11)17-16(22)20-19-14-12-4-2-3-5-13(12)18-15(14)21/h2-9H,1H3,(H2,17,20,22)(H,18,19,21)/p+1. The summed E-state index contributed by atoms with van der Waals surface area (Å²) >= 11 is 0. The second-order valence-corrected chi connectivity index (χ2v) is 4.82. The van der Waals surface area contributed by atoms with Crippen molar-refractivity contribution in [1.82, 2.24) is 0 Å². The number of amides is 3. The van der Waals surface area contributed by atoms with Crippen LogP contribution < -0.4 is 20.8 Å². The SMILES string of the molecule is COc1ccc(NC(=O)[NH2+]N=C2C(=O)Nc3ccccc32)cc1. The van der Waals surface area contributed by atoms with Crippen LogP contribution in [0.1, 0.15) is 5.56 Å². The number of methoxy groups -OCH3 is 1. The molecule has 0 atom stereocenters. The van der Waals surface area contributed by atoms with Gasteiger partial charge in [0.25, 0.3) is 5.91 Å². The summed E-state index contributed by atoms with van der Waals surface area (Å²) in [6.07, 6.45) is 0. The van der Waals surface area contributed by atoms with Crippen LogP contribution >= 0.6 is 0 Å². The number of fused-ring (bicyclic) bond motifs is 1. The van der Waals surface area contributed by atoms with E-state index in [9.17, 15) is 9.59 Å². The summed E-state index contributed by atoms with van der Waals surface area (Å²) < 4.78 is 5.05. The van der Waals surface area contributed by atoms with Crippen LogP contribution in [0, 0.1) is 0 Å². The molecule has 23 heavy (non-hydrogen) atoms. The fourth-order valence-electron chi connectivity index (χ4n) is 2.20. The monoisotopic (exact) mass is 311 g/mol. The second kappa shape index (κ2) is 6.29. The molecule has 0 aromatic heterocycles. The van der Waals surface area contributed by atoms with Crippen LogP contribution in [0.5, 0.6) is 5.75 Å². The van der Waals surface area contributed by atoms with E-state index in [4.69, 9.17) is 4.74 Å². The summed E-state index contributed by atoms with van der Waals surface area (Å²) in [5.74, 6) is 0.381. The minimum absolute atomic E-state index is 0.227. The third-order valence-corrected chi connectivity index (χ3v) is 3.31. The summed E-state index contributed by atoms with van der Waals surface area (Å²) in [5, 5.41) is 9.38. The van der Waals surface area contributed by atoms with Gasteiger partial charge in [-0.3, -0.25) is 10.1 Å². The van der Waals surface area contributed by atoms with Crippen molar-refractivity contribution in [3.05, 3.63) is 54.1 Å². The number of hydrogen-bond acceptors (Lipinski definition) is 4. The maximum atomic E-state index is 11.9. The first-order valence-corrected chi connectivity index (χ1v) is 6.94. The lowest BCUT2D eigenvalue weighted by Gasteiger charge is -2.02. The number of hydrogen-bond donors (Lipinski definition) is 3. The summed E-state index contributed by atoms with van der Waals surface area (Å²) in [6, 6.07) is 13.7. The number of benzene rings is 2. The first-order chi connectivity index (χ1) is 11.2. The molecule has 0 spiro atoms. The summed E-state index contributed by atoms with van der Waals surface area (Å²) in [4.78, 5) is 23.8. The number of anilines is 2. The predicted molar refractivity (Wildman–Crippen MR) is 85.5 cm³/mol. The smallest absolute Gasteiger partial charge is 0.444 e. The average molecular weight is 311 g/mol. The van der Waals surface area contributed by atoms with Gasteiger partial charge >= 0.3 is 6.03 Å². The van der Waals surface area contributed by atoms with Crippen LogP contribution in [0.3, 0.4) is 0 Å². The van der Waals surface area contributed by atoms with Crippen LogP contribution in [-0.4, -0.2) is 24.8 Å². The van der Waals surface area contributed by atoms with Crippen LogP contribution in [0.15, 0.2) is 53.6 Å². The van der Waals surface area contributed by atoms with Crippen molar-refractivity contribution in [3.63, 3.8) is 0 Å². The highest BCUT2D eigenvalue weighted by atomic mass is 16.5. The average Bonchev–Trinajstić information content (AvgIpc) is 2.89. The molecule has 0 unspecified atom stereocenters. The molecule has 0 aliphatic carbocycles. The lowest BCUT2D eigenvalue weighted by molar-refractivity contribution is -0.557. The van der Waals surface area contributed by atoms with E-state index in [1.165, 1.54) is 0 Å². The van der Waals surface area contributed by atoms with Crippen molar-refractivity contribution >= 4 is 29.0 Å². The minimum atomic E-state index is -0.417. The van der Waals surface area contributed by atoms with Gasteiger partial charge < -0.3 is 10.1 Å². The number of nitrogens with zero attached hydrogens (tertiary/aromatic N) is 1. The molecule has 2 aromatic rings. The second-order valence-electron chi connectivity index (χ2n) is 4.82. The topological polar surface area (TPSA) is 96.4 Å². The Hall–Kier alpha value is -3.19. The molecule has 3 rings (SSSR count).